The maximum absolute atomic E-state index is 3.83. The summed E-state index contributed by atoms with van der Waals surface area (Å²) in [6, 6.07) is 0. The summed E-state index contributed by atoms with van der Waals surface area (Å²) >= 11 is 0. The van der Waals surface area contributed by atoms with Crippen molar-refractivity contribution in [1.82, 2.24) is 0 Å². The van der Waals surface area contributed by atoms with Crippen molar-refractivity contribution in [3.05, 3.63) is 19.1 Å². The molecule has 0 aliphatic rings. The van der Waals surface area contributed by atoms with Crippen LogP contribution in [-0.2, 0) is 0 Å². The molecule has 0 aromatic rings. The van der Waals surface area contributed by atoms with Gasteiger partial charge in [-0.05, 0) is 25.7 Å². The van der Waals surface area contributed by atoms with Crippen LogP contribution in [0.4, 0.5) is 0 Å². The van der Waals surface area contributed by atoms with Gasteiger partial charge in [0, 0.05) is 0 Å². The Bertz CT molecular complexity index is 146. The van der Waals surface area contributed by atoms with Gasteiger partial charge in [-0.3, -0.25) is 0 Å². The van der Waals surface area contributed by atoms with Crippen molar-refractivity contribution in [2.24, 2.45) is 0 Å². The van der Waals surface area contributed by atoms with Gasteiger partial charge in [-0.25, -0.2) is 0 Å². The monoisotopic (exact) mass is 237 g/mol. The van der Waals surface area contributed by atoms with E-state index in [0.717, 1.165) is 12.8 Å². The molecule has 0 saturated carbocycles. The van der Waals surface area contributed by atoms with Crippen LogP contribution in [0.5, 0.6) is 0 Å². The summed E-state index contributed by atoms with van der Waals surface area (Å²) in [6.07, 6.45) is 22.4. The lowest BCUT2D eigenvalue weighted by Gasteiger charge is -2.01. The molecule has 0 heteroatoms. The van der Waals surface area contributed by atoms with Gasteiger partial charge in [-0.15, -0.1) is 0 Å². The summed E-state index contributed by atoms with van der Waals surface area (Å²) in [6.45, 7) is 6.11. The molecule has 0 rings (SSSR count). The first-order chi connectivity index (χ1) is 8.41. The van der Waals surface area contributed by atoms with E-state index in [1.807, 2.05) is 0 Å². The van der Waals surface area contributed by atoms with E-state index < -0.39 is 0 Å². The Morgan fingerprint density at radius 1 is 0.647 bits per heavy atom. The third-order valence-electron chi connectivity index (χ3n) is 3.26. The molecule has 0 aliphatic carbocycles. The Labute approximate surface area is 110 Å². The molecule has 0 spiro atoms. The zero-order valence-corrected chi connectivity index (χ0v) is 12.1. The molecule has 0 atom stereocenters. The van der Waals surface area contributed by atoms with Gasteiger partial charge in [0.05, 0.1) is 0 Å². The molecule has 0 aliphatic heterocycles. The van der Waals surface area contributed by atoms with Crippen LogP contribution in [0.25, 0.3) is 0 Å². The van der Waals surface area contributed by atoms with E-state index in [9.17, 15) is 0 Å². The fourth-order valence-electron chi connectivity index (χ4n) is 2.10. The summed E-state index contributed by atoms with van der Waals surface area (Å²) in [7, 11) is 0. The second-order valence-electron chi connectivity index (χ2n) is 5.08. The molecule has 101 valence electrons. The molecule has 0 aromatic carbocycles. The van der Waals surface area contributed by atoms with Crippen LogP contribution in [-0.4, -0.2) is 0 Å². The minimum Gasteiger partial charge on any atom is -0.0885 e. The summed E-state index contributed by atoms with van der Waals surface area (Å²) in [5.74, 6) is 0. The number of rotatable bonds is 13. The van der Waals surface area contributed by atoms with Crippen molar-refractivity contribution < 1.29 is 0 Å². The molecule has 1 radical (unpaired) electrons. The second kappa shape index (κ2) is 15.7. The molecule has 0 unspecified atom stereocenters. The predicted octanol–water partition coefficient (Wildman–Crippen LogP) is 6.47. The first-order valence-electron chi connectivity index (χ1n) is 7.86. The summed E-state index contributed by atoms with van der Waals surface area (Å²) in [5, 5.41) is 0. The highest BCUT2D eigenvalue weighted by molar-refractivity contribution is 4.81. The maximum Gasteiger partial charge on any atom is -0.0351 e. The topological polar surface area (TPSA) is 0 Å². The Kier molecular flexibility index (Phi) is 15.5. The third-order valence-corrected chi connectivity index (χ3v) is 3.26. The molecule has 0 nitrogen and oxygen atoms in total. The van der Waals surface area contributed by atoms with Gasteiger partial charge < -0.3 is 0 Å². The maximum atomic E-state index is 3.83. The molecule has 0 fully saturated rings. The Hall–Kier alpha value is -0.260. The van der Waals surface area contributed by atoms with Crippen LogP contribution < -0.4 is 0 Å². The molecular weight excluding hydrogens is 204 g/mol. The average Bonchev–Trinajstić information content (AvgIpc) is 2.35. The van der Waals surface area contributed by atoms with E-state index >= 15 is 0 Å². The fraction of sp³-hybridized carbons (Fsp3) is 0.824. The SMILES string of the molecule is [CH2]CC/C=C/CCCCCCCCCCCC. The zero-order chi connectivity index (χ0) is 12.6. The fourth-order valence-corrected chi connectivity index (χ4v) is 2.10. The van der Waals surface area contributed by atoms with Crippen molar-refractivity contribution in [2.45, 2.75) is 90.4 Å². The number of hydrogen-bond donors (Lipinski definition) is 0. The summed E-state index contributed by atoms with van der Waals surface area (Å²) < 4.78 is 0. The van der Waals surface area contributed by atoms with Crippen LogP contribution in [0, 0.1) is 6.92 Å². The smallest absolute Gasteiger partial charge is 0.0351 e. The van der Waals surface area contributed by atoms with Crippen molar-refractivity contribution in [3.8, 4) is 0 Å². The van der Waals surface area contributed by atoms with Crippen molar-refractivity contribution >= 4 is 0 Å². The Balaban J connectivity index is 2.94. The van der Waals surface area contributed by atoms with E-state index in [-0.39, 0.29) is 0 Å². The predicted molar refractivity (Wildman–Crippen MR) is 80.2 cm³/mol. The van der Waals surface area contributed by atoms with Gasteiger partial charge in [-0.1, -0.05) is 83.8 Å². The van der Waals surface area contributed by atoms with E-state index in [2.05, 4.69) is 26.0 Å². The highest BCUT2D eigenvalue weighted by Crippen LogP contribution is 2.11. The van der Waals surface area contributed by atoms with Crippen molar-refractivity contribution in [2.75, 3.05) is 0 Å². The lowest BCUT2D eigenvalue weighted by molar-refractivity contribution is 0.557. The number of hydrogen-bond acceptors (Lipinski definition) is 0. The minimum absolute atomic E-state index is 1.04. The van der Waals surface area contributed by atoms with Crippen LogP contribution in [0.1, 0.15) is 90.4 Å². The standard InChI is InChI=1S/C17H33/c1-3-5-7-9-11-13-15-17-16-14-12-10-8-6-4-2/h7,9H,1,3-6,8,10-17H2,2H3/b9-7+. The van der Waals surface area contributed by atoms with Crippen LogP contribution in [0.2, 0.25) is 0 Å². The van der Waals surface area contributed by atoms with Gasteiger partial charge in [0.25, 0.3) is 0 Å². The lowest BCUT2D eigenvalue weighted by Crippen LogP contribution is -1.81. The molecule has 0 bridgehead atoms. The molecule has 0 heterocycles. The van der Waals surface area contributed by atoms with Gasteiger partial charge in [-0.2, -0.15) is 0 Å². The molecule has 17 heavy (non-hydrogen) atoms. The van der Waals surface area contributed by atoms with E-state index in [1.54, 1.807) is 0 Å². The first-order valence-corrected chi connectivity index (χ1v) is 7.86. The van der Waals surface area contributed by atoms with Crippen molar-refractivity contribution in [1.29, 1.82) is 0 Å². The largest absolute Gasteiger partial charge is 0.0885 e. The summed E-state index contributed by atoms with van der Waals surface area (Å²) in [4.78, 5) is 0. The zero-order valence-electron chi connectivity index (χ0n) is 12.1. The van der Waals surface area contributed by atoms with Crippen LogP contribution >= 0.6 is 0 Å². The Morgan fingerprint density at radius 3 is 1.65 bits per heavy atom. The van der Waals surface area contributed by atoms with E-state index in [4.69, 9.17) is 0 Å². The highest BCUT2D eigenvalue weighted by atomic mass is 14.0. The molecular formula is C17H33. The second-order valence-corrected chi connectivity index (χ2v) is 5.08. The van der Waals surface area contributed by atoms with Gasteiger partial charge in [0.2, 0.25) is 0 Å². The molecule has 0 amide bonds. The van der Waals surface area contributed by atoms with Gasteiger partial charge in [0.15, 0.2) is 0 Å². The normalized spacial score (nSPS) is 11.4. The number of unbranched alkanes of at least 4 members (excludes halogenated alkanes) is 11. The molecule has 0 N–H and O–H groups in total. The quantitative estimate of drug-likeness (QED) is 0.254. The lowest BCUT2D eigenvalue weighted by atomic mass is 10.1. The summed E-state index contributed by atoms with van der Waals surface area (Å²) in [5.41, 5.74) is 0. The van der Waals surface area contributed by atoms with Gasteiger partial charge >= 0.3 is 0 Å². The van der Waals surface area contributed by atoms with E-state index in [0.29, 0.717) is 0 Å². The van der Waals surface area contributed by atoms with E-state index in [1.165, 1.54) is 70.6 Å². The molecule has 0 aromatic heterocycles. The van der Waals surface area contributed by atoms with Crippen LogP contribution in [0.3, 0.4) is 0 Å². The van der Waals surface area contributed by atoms with Crippen molar-refractivity contribution in [3.63, 3.8) is 0 Å². The van der Waals surface area contributed by atoms with Gasteiger partial charge in [0.1, 0.15) is 0 Å². The first kappa shape index (κ1) is 16.7. The molecule has 0 saturated heterocycles. The average molecular weight is 237 g/mol. The Morgan fingerprint density at radius 2 is 1.12 bits per heavy atom. The van der Waals surface area contributed by atoms with Crippen LogP contribution in [0.15, 0.2) is 12.2 Å². The number of allylic oxidation sites excluding steroid dienone is 2. The third kappa shape index (κ3) is 15.7. The minimum atomic E-state index is 1.04. The highest BCUT2D eigenvalue weighted by Gasteiger charge is 1.91.